The Hall–Kier alpha value is -3.56. The molecular formula is C18H16F3N3O4. The second-order valence-electron chi connectivity index (χ2n) is 5.69. The largest absolute Gasteiger partial charge is 0.449 e. The van der Waals surface area contributed by atoms with E-state index in [1.807, 2.05) is 0 Å². The normalized spacial score (nSPS) is 12.0. The molecule has 0 heterocycles. The van der Waals surface area contributed by atoms with Crippen molar-refractivity contribution in [2.24, 2.45) is 5.73 Å². The highest BCUT2D eigenvalue weighted by atomic mass is 19.4. The summed E-state index contributed by atoms with van der Waals surface area (Å²) >= 11 is 0. The Labute approximate surface area is 157 Å². The number of nitrogens with one attached hydrogen (secondary N) is 2. The predicted molar refractivity (Wildman–Crippen MR) is 94.6 cm³/mol. The molecule has 0 unspecified atom stereocenters. The van der Waals surface area contributed by atoms with Crippen LogP contribution in [0.2, 0.25) is 0 Å². The van der Waals surface area contributed by atoms with Gasteiger partial charge in [0, 0.05) is 11.4 Å². The Kier molecular flexibility index (Phi) is 6.24. The summed E-state index contributed by atoms with van der Waals surface area (Å²) in [6.45, 7) is 1.27. The Balaban J connectivity index is 2.02. The molecule has 2 rings (SSSR count). The summed E-state index contributed by atoms with van der Waals surface area (Å²) in [6, 6.07) is 8.89. The van der Waals surface area contributed by atoms with Gasteiger partial charge in [0.2, 0.25) is 0 Å². The van der Waals surface area contributed by atoms with E-state index in [0.717, 1.165) is 18.2 Å². The van der Waals surface area contributed by atoms with Gasteiger partial charge in [-0.15, -0.1) is 0 Å². The quantitative estimate of drug-likeness (QED) is 0.674. The summed E-state index contributed by atoms with van der Waals surface area (Å²) in [4.78, 5) is 35.1. The molecule has 0 aromatic heterocycles. The van der Waals surface area contributed by atoms with Crippen molar-refractivity contribution in [3.8, 4) is 0 Å². The van der Waals surface area contributed by atoms with E-state index in [2.05, 4.69) is 10.6 Å². The van der Waals surface area contributed by atoms with Crippen molar-refractivity contribution < 1.29 is 32.3 Å². The molecule has 3 amide bonds. The number of hydrogen-bond donors (Lipinski definition) is 3. The molecule has 0 aliphatic rings. The third kappa shape index (κ3) is 5.73. The summed E-state index contributed by atoms with van der Waals surface area (Å²) < 4.78 is 43.2. The fourth-order valence-electron chi connectivity index (χ4n) is 2.17. The molecular weight excluding hydrogens is 379 g/mol. The van der Waals surface area contributed by atoms with Crippen LogP contribution in [0.15, 0.2) is 48.5 Å². The molecule has 2 aromatic carbocycles. The third-order valence-electron chi connectivity index (χ3n) is 3.48. The van der Waals surface area contributed by atoms with Crippen LogP contribution in [-0.2, 0) is 15.7 Å². The maximum absolute atomic E-state index is 12.7. The molecule has 7 nitrogen and oxygen atoms in total. The van der Waals surface area contributed by atoms with Crippen molar-refractivity contribution in [1.29, 1.82) is 0 Å². The average Bonchev–Trinajstić information content (AvgIpc) is 2.60. The van der Waals surface area contributed by atoms with Gasteiger partial charge < -0.3 is 21.1 Å². The number of halogens is 3. The smallest absolute Gasteiger partial charge is 0.416 e. The van der Waals surface area contributed by atoms with Crippen LogP contribution in [0.5, 0.6) is 0 Å². The van der Waals surface area contributed by atoms with Gasteiger partial charge in [-0.2, -0.15) is 13.2 Å². The SMILES string of the molecule is C[C@@H](OC(=O)c1cccc(NC(N)=O)c1)C(=O)Nc1cccc(C(F)(F)F)c1. The number of amides is 3. The Bertz CT molecular complexity index is 900. The lowest BCUT2D eigenvalue weighted by Gasteiger charge is -2.15. The van der Waals surface area contributed by atoms with Crippen molar-refractivity contribution in [2.75, 3.05) is 10.6 Å². The van der Waals surface area contributed by atoms with E-state index >= 15 is 0 Å². The number of hydrogen-bond acceptors (Lipinski definition) is 4. The molecule has 0 fully saturated rings. The summed E-state index contributed by atoms with van der Waals surface area (Å²) in [7, 11) is 0. The molecule has 0 bridgehead atoms. The van der Waals surface area contributed by atoms with Gasteiger partial charge in [0.05, 0.1) is 11.1 Å². The van der Waals surface area contributed by atoms with Crippen LogP contribution in [0, 0.1) is 0 Å². The number of carbonyl (C=O) groups excluding carboxylic acids is 3. The number of alkyl halides is 3. The van der Waals surface area contributed by atoms with Gasteiger partial charge in [-0.25, -0.2) is 9.59 Å². The standard InChI is InChI=1S/C18H16F3N3O4/c1-10(15(25)23-14-7-3-5-12(9-14)18(19,20)21)28-16(26)11-4-2-6-13(8-11)24-17(22)27/h2-10H,1H3,(H,23,25)(H3,22,24,27)/t10-/m1/s1. The Morgan fingerprint density at radius 1 is 1.00 bits per heavy atom. The molecule has 0 aliphatic heterocycles. The van der Waals surface area contributed by atoms with E-state index < -0.39 is 35.8 Å². The first kappa shape index (κ1) is 20.7. The zero-order valence-corrected chi connectivity index (χ0v) is 14.5. The zero-order valence-electron chi connectivity index (χ0n) is 14.5. The van der Waals surface area contributed by atoms with E-state index in [0.29, 0.717) is 0 Å². The topological polar surface area (TPSA) is 111 Å². The van der Waals surface area contributed by atoms with Gasteiger partial charge in [0.1, 0.15) is 0 Å². The van der Waals surface area contributed by atoms with E-state index in [1.165, 1.54) is 37.3 Å². The number of anilines is 2. The molecule has 4 N–H and O–H groups in total. The minimum absolute atomic E-state index is 0.0463. The molecule has 1 atom stereocenters. The van der Waals surface area contributed by atoms with Crippen LogP contribution < -0.4 is 16.4 Å². The van der Waals surface area contributed by atoms with Crippen LogP contribution in [0.25, 0.3) is 0 Å². The first-order valence-electron chi connectivity index (χ1n) is 7.92. The van der Waals surface area contributed by atoms with Gasteiger partial charge in [-0.3, -0.25) is 4.79 Å². The van der Waals surface area contributed by atoms with Gasteiger partial charge >= 0.3 is 18.2 Å². The zero-order chi connectivity index (χ0) is 20.9. The molecule has 148 valence electrons. The molecule has 0 aliphatic carbocycles. The average molecular weight is 395 g/mol. The van der Waals surface area contributed by atoms with Gasteiger partial charge in [-0.1, -0.05) is 12.1 Å². The highest BCUT2D eigenvalue weighted by Gasteiger charge is 2.30. The van der Waals surface area contributed by atoms with Crippen molar-refractivity contribution in [1.82, 2.24) is 0 Å². The lowest BCUT2D eigenvalue weighted by atomic mass is 10.2. The molecule has 0 saturated heterocycles. The monoisotopic (exact) mass is 395 g/mol. The summed E-state index contributed by atoms with van der Waals surface area (Å²) in [6.07, 6.45) is -5.84. The number of benzene rings is 2. The predicted octanol–water partition coefficient (Wildman–Crippen LogP) is 3.38. The maximum atomic E-state index is 12.7. The lowest BCUT2D eigenvalue weighted by molar-refractivity contribution is -0.137. The van der Waals surface area contributed by atoms with Crippen LogP contribution in [-0.4, -0.2) is 24.0 Å². The molecule has 10 heteroatoms. The molecule has 2 aromatic rings. The second-order valence-corrected chi connectivity index (χ2v) is 5.69. The van der Waals surface area contributed by atoms with E-state index in [-0.39, 0.29) is 16.9 Å². The Morgan fingerprint density at radius 2 is 1.61 bits per heavy atom. The molecule has 0 radical (unpaired) electrons. The van der Waals surface area contributed by atoms with E-state index in [1.54, 1.807) is 0 Å². The highest BCUT2D eigenvalue weighted by Crippen LogP contribution is 2.30. The first-order valence-corrected chi connectivity index (χ1v) is 7.92. The highest BCUT2D eigenvalue weighted by molar-refractivity contribution is 5.98. The van der Waals surface area contributed by atoms with Gasteiger partial charge in [-0.05, 0) is 43.3 Å². The fourth-order valence-corrected chi connectivity index (χ4v) is 2.17. The number of rotatable bonds is 5. The van der Waals surface area contributed by atoms with E-state index in [4.69, 9.17) is 10.5 Å². The number of urea groups is 1. The maximum Gasteiger partial charge on any atom is 0.416 e. The number of esters is 1. The minimum atomic E-state index is -4.55. The van der Waals surface area contributed by atoms with Crippen LogP contribution >= 0.6 is 0 Å². The van der Waals surface area contributed by atoms with Gasteiger partial charge in [0.15, 0.2) is 6.10 Å². The molecule has 0 saturated carbocycles. The minimum Gasteiger partial charge on any atom is -0.449 e. The van der Waals surface area contributed by atoms with Crippen molar-refractivity contribution in [3.05, 3.63) is 59.7 Å². The summed E-state index contributed by atoms with van der Waals surface area (Å²) in [5.41, 5.74) is 4.28. The van der Waals surface area contributed by atoms with Crippen molar-refractivity contribution in [3.63, 3.8) is 0 Å². The van der Waals surface area contributed by atoms with Crippen molar-refractivity contribution in [2.45, 2.75) is 19.2 Å². The van der Waals surface area contributed by atoms with E-state index in [9.17, 15) is 27.6 Å². The summed E-state index contributed by atoms with van der Waals surface area (Å²) in [5.74, 6) is -1.67. The lowest BCUT2D eigenvalue weighted by Crippen LogP contribution is -2.30. The van der Waals surface area contributed by atoms with Crippen LogP contribution in [0.4, 0.5) is 29.3 Å². The van der Waals surface area contributed by atoms with Crippen LogP contribution in [0.1, 0.15) is 22.8 Å². The first-order chi connectivity index (χ1) is 13.1. The number of carbonyl (C=O) groups is 3. The number of primary amides is 1. The Morgan fingerprint density at radius 3 is 2.21 bits per heavy atom. The number of ether oxygens (including phenoxy) is 1. The second kappa shape index (κ2) is 8.42. The van der Waals surface area contributed by atoms with Crippen LogP contribution in [0.3, 0.4) is 0 Å². The molecule has 0 spiro atoms. The fraction of sp³-hybridized carbons (Fsp3) is 0.167. The molecule has 28 heavy (non-hydrogen) atoms. The number of nitrogens with two attached hydrogens (primary N) is 1. The van der Waals surface area contributed by atoms with Gasteiger partial charge in [0.25, 0.3) is 5.91 Å². The third-order valence-corrected chi connectivity index (χ3v) is 3.48. The van der Waals surface area contributed by atoms with Crippen molar-refractivity contribution >= 4 is 29.3 Å². The summed E-state index contributed by atoms with van der Waals surface area (Å²) in [5, 5.41) is 4.54.